The Labute approximate surface area is 109 Å². The zero-order valence-corrected chi connectivity index (χ0v) is 11.6. The lowest BCUT2D eigenvalue weighted by Gasteiger charge is -2.35. The number of aromatic nitrogens is 1. The first-order chi connectivity index (χ1) is 7.81. The number of sulfonamides is 1. The molecular weight excluding hydrogens is 284 g/mol. The zero-order chi connectivity index (χ0) is 12.7. The maximum absolute atomic E-state index is 12.2. The maximum Gasteiger partial charge on any atom is 0.254 e. The maximum atomic E-state index is 12.2. The number of hydrogen-bond acceptors (Lipinski definition) is 5. The van der Waals surface area contributed by atoms with Crippen LogP contribution in [0.2, 0.25) is 4.47 Å². The van der Waals surface area contributed by atoms with Gasteiger partial charge in [0, 0.05) is 13.1 Å². The van der Waals surface area contributed by atoms with E-state index in [1.54, 1.807) is 6.92 Å². The Bertz CT molecular complexity index is 512. The molecule has 0 saturated carbocycles. The van der Waals surface area contributed by atoms with Gasteiger partial charge in [-0.15, -0.1) is 0 Å². The van der Waals surface area contributed by atoms with E-state index in [9.17, 15) is 13.5 Å². The van der Waals surface area contributed by atoms with Gasteiger partial charge in [-0.1, -0.05) is 22.9 Å². The molecular formula is C9H13ClN2O3S2. The third-order valence-corrected chi connectivity index (χ3v) is 6.09. The van der Waals surface area contributed by atoms with Crippen molar-refractivity contribution in [2.45, 2.75) is 29.6 Å². The third kappa shape index (κ3) is 2.79. The predicted octanol–water partition coefficient (Wildman–Crippen LogP) is 1.33. The Morgan fingerprint density at radius 1 is 1.65 bits per heavy atom. The van der Waals surface area contributed by atoms with Crippen LogP contribution >= 0.6 is 22.9 Å². The van der Waals surface area contributed by atoms with E-state index >= 15 is 0 Å². The van der Waals surface area contributed by atoms with Crippen molar-refractivity contribution in [1.82, 2.24) is 9.29 Å². The Balaban J connectivity index is 2.27. The van der Waals surface area contributed by atoms with Gasteiger partial charge in [0.25, 0.3) is 10.0 Å². The molecule has 2 heterocycles. The molecule has 8 heteroatoms. The van der Waals surface area contributed by atoms with Crippen molar-refractivity contribution in [3.63, 3.8) is 0 Å². The Morgan fingerprint density at radius 3 is 2.88 bits per heavy atom. The normalized spacial score (nSPS) is 27.2. The highest BCUT2D eigenvalue weighted by Crippen LogP contribution is 2.29. The summed E-state index contributed by atoms with van der Waals surface area (Å²) in [4.78, 5) is 3.73. The average molecular weight is 297 g/mol. The molecule has 0 amide bonds. The molecule has 1 atom stereocenters. The number of hydrogen-bond donors (Lipinski definition) is 1. The Morgan fingerprint density at radius 2 is 2.35 bits per heavy atom. The van der Waals surface area contributed by atoms with Crippen LogP contribution in [0.3, 0.4) is 0 Å². The van der Waals surface area contributed by atoms with Gasteiger partial charge < -0.3 is 5.11 Å². The van der Waals surface area contributed by atoms with Crippen molar-refractivity contribution in [3.05, 3.63) is 10.7 Å². The molecule has 2 rings (SSSR count). The SMILES string of the molecule is CC1(O)CCCN(S(=O)(=O)c2cnc(Cl)s2)C1. The van der Waals surface area contributed by atoms with Crippen LogP contribution in [0, 0.1) is 0 Å². The van der Waals surface area contributed by atoms with Crippen LogP contribution in [0.5, 0.6) is 0 Å². The third-order valence-electron chi connectivity index (χ3n) is 2.69. The van der Waals surface area contributed by atoms with E-state index in [-0.39, 0.29) is 15.2 Å². The summed E-state index contributed by atoms with van der Waals surface area (Å²) in [5.74, 6) is 0. The van der Waals surface area contributed by atoms with E-state index in [1.807, 2.05) is 0 Å². The zero-order valence-electron chi connectivity index (χ0n) is 9.26. The highest BCUT2D eigenvalue weighted by atomic mass is 35.5. The number of halogens is 1. The van der Waals surface area contributed by atoms with E-state index < -0.39 is 15.6 Å². The van der Waals surface area contributed by atoms with E-state index in [2.05, 4.69) is 4.98 Å². The van der Waals surface area contributed by atoms with Crippen LogP contribution in [0.25, 0.3) is 0 Å². The topological polar surface area (TPSA) is 70.5 Å². The number of rotatable bonds is 2. The quantitative estimate of drug-likeness (QED) is 0.894. The summed E-state index contributed by atoms with van der Waals surface area (Å²) in [7, 11) is -3.57. The van der Waals surface area contributed by atoms with Gasteiger partial charge in [-0.3, -0.25) is 0 Å². The van der Waals surface area contributed by atoms with E-state index in [0.717, 1.165) is 11.3 Å². The Hall–Kier alpha value is -0.210. The van der Waals surface area contributed by atoms with Crippen molar-refractivity contribution in [2.75, 3.05) is 13.1 Å². The summed E-state index contributed by atoms with van der Waals surface area (Å²) in [6.07, 6.45) is 2.52. The second kappa shape index (κ2) is 4.47. The second-order valence-electron chi connectivity index (χ2n) is 4.37. The standard InChI is InChI=1S/C9H13ClN2O3S2/c1-9(13)3-2-4-12(6-9)17(14,15)7-5-11-8(10)16-7/h5,13H,2-4,6H2,1H3. The number of aliphatic hydroxyl groups is 1. The molecule has 1 aliphatic rings. The van der Waals surface area contributed by atoms with Crippen molar-refractivity contribution >= 4 is 33.0 Å². The van der Waals surface area contributed by atoms with E-state index in [4.69, 9.17) is 11.6 Å². The first-order valence-electron chi connectivity index (χ1n) is 5.15. The molecule has 0 radical (unpaired) electrons. The fourth-order valence-corrected chi connectivity index (χ4v) is 4.91. The van der Waals surface area contributed by atoms with Gasteiger partial charge in [0.2, 0.25) is 0 Å². The minimum atomic E-state index is -3.57. The molecule has 0 spiro atoms. The summed E-state index contributed by atoms with van der Waals surface area (Å²) in [6.45, 7) is 2.19. The molecule has 1 unspecified atom stereocenters. The molecule has 1 aromatic heterocycles. The van der Waals surface area contributed by atoms with Crippen molar-refractivity contribution in [3.8, 4) is 0 Å². The monoisotopic (exact) mass is 296 g/mol. The molecule has 5 nitrogen and oxygen atoms in total. The van der Waals surface area contributed by atoms with Gasteiger partial charge >= 0.3 is 0 Å². The van der Waals surface area contributed by atoms with Crippen LogP contribution in [-0.4, -0.2) is 41.5 Å². The van der Waals surface area contributed by atoms with Crippen molar-refractivity contribution < 1.29 is 13.5 Å². The minimum absolute atomic E-state index is 0.116. The highest BCUT2D eigenvalue weighted by molar-refractivity contribution is 7.91. The van der Waals surface area contributed by atoms with E-state index in [0.29, 0.717) is 19.4 Å². The lowest BCUT2D eigenvalue weighted by molar-refractivity contribution is 0.00945. The number of piperidine rings is 1. The minimum Gasteiger partial charge on any atom is -0.389 e. The van der Waals surface area contributed by atoms with Gasteiger partial charge in [-0.05, 0) is 19.8 Å². The van der Waals surface area contributed by atoms with Crippen LogP contribution in [-0.2, 0) is 10.0 Å². The molecule has 1 saturated heterocycles. The second-order valence-corrected chi connectivity index (χ2v) is 8.15. The number of nitrogens with zero attached hydrogens (tertiary/aromatic N) is 2. The van der Waals surface area contributed by atoms with Crippen LogP contribution in [0.4, 0.5) is 0 Å². The van der Waals surface area contributed by atoms with Crippen LogP contribution in [0.15, 0.2) is 10.4 Å². The number of β-amino-alcohol motifs (C(OH)–C–C–N with tert-alkyl or cyclic N) is 1. The fraction of sp³-hybridized carbons (Fsp3) is 0.667. The summed E-state index contributed by atoms with van der Waals surface area (Å²) in [5, 5.41) is 9.92. The summed E-state index contributed by atoms with van der Waals surface area (Å²) < 4.78 is 26.0. The summed E-state index contributed by atoms with van der Waals surface area (Å²) >= 11 is 6.57. The average Bonchev–Trinajstić information content (AvgIpc) is 2.64. The molecule has 1 fully saturated rings. The van der Waals surface area contributed by atoms with Gasteiger partial charge in [0.1, 0.15) is 0 Å². The summed E-state index contributed by atoms with van der Waals surface area (Å²) in [6, 6.07) is 0. The largest absolute Gasteiger partial charge is 0.389 e. The molecule has 0 aliphatic carbocycles. The fourth-order valence-electron chi connectivity index (χ4n) is 1.87. The number of thiazole rings is 1. The molecule has 0 bridgehead atoms. The van der Waals surface area contributed by atoms with Gasteiger partial charge in [0.05, 0.1) is 11.8 Å². The molecule has 96 valence electrons. The highest BCUT2D eigenvalue weighted by Gasteiger charge is 2.36. The molecule has 1 aromatic rings. The first kappa shape index (κ1) is 13.2. The van der Waals surface area contributed by atoms with Gasteiger partial charge in [0.15, 0.2) is 8.68 Å². The Kier molecular flexibility index (Phi) is 3.48. The van der Waals surface area contributed by atoms with E-state index in [1.165, 1.54) is 10.5 Å². The predicted molar refractivity (Wildman–Crippen MR) is 65.7 cm³/mol. The molecule has 17 heavy (non-hydrogen) atoms. The first-order valence-corrected chi connectivity index (χ1v) is 7.79. The smallest absolute Gasteiger partial charge is 0.254 e. The van der Waals surface area contributed by atoms with Crippen molar-refractivity contribution in [2.24, 2.45) is 0 Å². The lowest BCUT2D eigenvalue weighted by atomic mass is 9.97. The van der Waals surface area contributed by atoms with Crippen LogP contribution in [0.1, 0.15) is 19.8 Å². The molecule has 0 aromatic carbocycles. The van der Waals surface area contributed by atoms with Gasteiger partial charge in [-0.25, -0.2) is 13.4 Å². The lowest BCUT2D eigenvalue weighted by Crippen LogP contribution is -2.48. The van der Waals surface area contributed by atoms with Crippen molar-refractivity contribution in [1.29, 1.82) is 0 Å². The van der Waals surface area contributed by atoms with Crippen LogP contribution < -0.4 is 0 Å². The van der Waals surface area contributed by atoms with Gasteiger partial charge in [-0.2, -0.15) is 4.31 Å². The molecule has 1 aliphatic heterocycles. The summed E-state index contributed by atoms with van der Waals surface area (Å²) in [5.41, 5.74) is -0.959. The molecule has 1 N–H and O–H groups in total.